The van der Waals surface area contributed by atoms with Gasteiger partial charge in [-0.25, -0.2) is 4.98 Å². The Morgan fingerprint density at radius 3 is 2.50 bits per heavy atom. The molecule has 1 aromatic heterocycles. The summed E-state index contributed by atoms with van der Waals surface area (Å²) in [7, 11) is 2.04. The molecule has 0 amide bonds. The highest BCUT2D eigenvalue weighted by molar-refractivity contribution is 14.0. The average Bonchev–Trinajstić information content (AvgIpc) is 2.95. The number of guanidine groups is 1. The van der Waals surface area contributed by atoms with Crippen LogP contribution in [0.1, 0.15) is 50.7 Å². The van der Waals surface area contributed by atoms with E-state index in [1.165, 1.54) is 0 Å². The Hall–Kier alpha value is -0.410. The summed E-state index contributed by atoms with van der Waals surface area (Å²) in [4.78, 5) is 11.5. The van der Waals surface area contributed by atoms with Crippen molar-refractivity contribution in [2.45, 2.75) is 53.5 Å². The summed E-state index contributed by atoms with van der Waals surface area (Å²) in [5.74, 6) is 0.905. The van der Waals surface area contributed by atoms with E-state index in [4.69, 9.17) is 4.99 Å². The van der Waals surface area contributed by atoms with Crippen LogP contribution in [0.15, 0.2) is 10.4 Å². The first-order valence-corrected chi connectivity index (χ1v) is 9.39. The van der Waals surface area contributed by atoms with Crippen LogP contribution in [-0.4, -0.2) is 47.7 Å². The first-order chi connectivity index (χ1) is 11.0. The van der Waals surface area contributed by atoms with Gasteiger partial charge in [0.25, 0.3) is 0 Å². The summed E-state index contributed by atoms with van der Waals surface area (Å²) >= 11 is 1.68. The number of thiazole rings is 1. The summed E-state index contributed by atoms with van der Waals surface area (Å²) in [6.07, 6.45) is 2.86. The summed E-state index contributed by atoms with van der Waals surface area (Å²) < 4.78 is 0. The molecule has 0 aromatic carbocycles. The Morgan fingerprint density at radius 2 is 2.04 bits per heavy atom. The van der Waals surface area contributed by atoms with Crippen molar-refractivity contribution in [1.29, 1.82) is 0 Å². The fourth-order valence-electron chi connectivity index (χ4n) is 2.65. The van der Waals surface area contributed by atoms with Crippen molar-refractivity contribution in [2.75, 3.05) is 26.7 Å². The van der Waals surface area contributed by atoms with Crippen molar-refractivity contribution < 1.29 is 5.11 Å². The maximum Gasteiger partial charge on any atom is 0.194 e. The number of hydrogen-bond donors (Lipinski definition) is 2. The topological polar surface area (TPSA) is 60.8 Å². The highest BCUT2D eigenvalue weighted by Crippen LogP contribution is 2.30. The van der Waals surface area contributed by atoms with Crippen LogP contribution in [0.2, 0.25) is 0 Å². The van der Waals surface area contributed by atoms with Crippen LogP contribution >= 0.6 is 35.3 Å². The van der Waals surface area contributed by atoms with E-state index in [1.807, 2.05) is 14.0 Å². The van der Waals surface area contributed by atoms with Crippen LogP contribution in [0.4, 0.5) is 0 Å². The molecule has 1 rings (SSSR count). The predicted molar refractivity (Wildman–Crippen MR) is 114 cm³/mol. The van der Waals surface area contributed by atoms with Gasteiger partial charge in [-0.1, -0.05) is 13.8 Å². The van der Waals surface area contributed by atoms with Gasteiger partial charge in [-0.3, -0.25) is 4.99 Å². The van der Waals surface area contributed by atoms with Crippen molar-refractivity contribution in [3.05, 3.63) is 16.1 Å². The largest absolute Gasteiger partial charge is 0.396 e. The van der Waals surface area contributed by atoms with Crippen molar-refractivity contribution in [1.82, 2.24) is 15.2 Å². The van der Waals surface area contributed by atoms with Crippen LogP contribution in [0, 0.1) is 12.3 Å². The maximum atomic E-state index is 9.36. The highest BCUT2D eigenvalue weighted by atomic mass is 127. The molecule has 0 aliphatic heterocycles. The van der Waals surface area contributed by atoms with E-state index in [9.17, 15) is 5.11 Å². The lowest BCUT2D eigenvalue weighted by Crippen LogP contribution is -2.39. The third kappa shape index (κ3) is 7.23. The van der Waals surface area contributed by atoms with Crippen molar-refractivity contribution in [3.8, 4) is 0 Å². The monoisotopic (exact) mass is 468 g/mol. The van der Waals surface area contributed by atoms with Gasteiger partial charge < -0.3 is 15.3 Å². The van der Waals surface area contributed by atoms with E-state index in [0.717, 1.165) is 55.6 Å². The summed E-state index contributed by atoms with van der Waals surface area (Å²) in [6, 6.07) is 0. The third-order valence-electron chi connectivity index (χ3n) is 4.47. The van der Waals surface area contributed by atoms with Gasteiger partial charge in [-0.15, -0.1) is 35.3 Å². The van der Waals surface area contributed by atoms with E-state index in [1.54, 1.807) is 11.3 Å². The molecule has 0 aliphatic carbocycles. The number of hydrogen-bond acceptors (Lipinski definition) is 4. The molecule has 0 aliphatic rings. The highest BCUT2D eigenvalue weighted by Gasteiger charge is 2.25. The molecule has 2 N–H and O–H groups in total. The summed E-state index contributed by atoms with van der Waals surface area (Å²) in [5.41, 5.74) is 1.17. The fourth-order valence-corrected chi connectivity index (χ4v) is 3.26. The first-order valence-electron chi connectivity index (χ1n) is 8.51. The molecule has 7 heteroatoms. The van der Waals surface area contributed by atoms with Gasteiger partial charge in [0.1, 0.15) is 0 Å². The lowest BCUT2D eigenvalue weighted by atomic mass is 9.79. The first kappa shape index (κ1) is 23.6. The molecule has 0 unspecified atom stereocenters. The molecule has 140 valence electrons. The second kappa shape index (κ2) is 12.0. The van der Waals surface area contributed by atoms with Gasteiger partial charge in [-0.2, -0.15) is 0 Å². The third-order valence-corrected chi connectivity index (χ3v) is 5.29. The number of aliphatic hydroxyl groups excluding tert-OH is 1. The van der Waals surface area contributed by atoms with E-state index in [-0.39, 0.29) is 36.0 Å². The minimum Gasteiger partial charge on any atom is -0.396 e. The molecular weight excluding hydrogens is 435 g/mol. The van der Waals surface area contributed by atoms with Crippen LogP contribution in [0.3, 0.4) is 0 Å². The van der Waals surface area contributed by atoms with Crippen LogP contribution in [0.25, 0.3) is 0 Å². The van der Waals surface area contributed by atoms with E-state index in [2.05, 4.69) is 41.4 Å². The number of nitrogens with one attached hydrogen (secondary N) is 1. The normalized spacial score (nSPS) is 12.0. The fraction of sp³-hybridized carbons (Fsp3) is 0.765. The standard InChI is InChI=1S/C17H32N4OS.HI/c1-6-17(7-2,9-10-22)13-19-16(18-8-3)21(5)11-15-12-23-14(4)20-15;/h12,22H,6-11,13H2,1-5H3,(H,18,19);1H. The number of aryl methyl sites for hydroxylation is 1. The quantitative estimate of drug-likeness (QED) is 0.330. The lowest BCUT2D eigenvalue weighted by Gasteiger charge is -2.30. The van der Waals surface area contributed by atoms with E-state index in [0.29, 0.717) is 0 Å². The summed E-state index contributed by atoms with van der Waals surface area (Å²) in [5, 5.41) is 15.9. The molecular formula is C17H33IN4OS. The zero-order chi connectivity index (χ0) is 17.3. The van der Waals surface area contributed by atoms with E-state index >= 15 is 0 Å². The molecule has 0 saturated carbocycles. The lowest BCUT2D eigenvalue weighted by molar-refractivity contribution is 0.175. The second-order valence-corrected chi connectivity index (χ2v) is 7.13. The van der Waals surface area contributed by atoms with Gasteiger partial charge in [0, 0.05) is 32.1 Å². The molecule has 1 aromatic rings. The van der Waals surface area contributed by atoms with Gasteiger partial charge in [-0.05, 0) is 38.5 Å². The molecule has 0 atom stereocenters. The molecule has 0 saturated heterocycles. The van der Waals surface area contributed by atoms with Gasteiger partial charge in [0.15, 0.2) is 5.96 Å². The Balaban J connectivity index is 0.00000529. The average molecular weight is 468 g/mol. The number of nitrogens with zero attached hydrogens (tertiary/aromatic N) is 3. The van der Waals surface area contributed by atoms with Crippen molar-refractivity contribution in [3.63, 3.8) is 0 Å². The minimum absolute atomic E-state index is 0. The van der Waals surface area contributed by atoms with Gasteiger partial charge >= 0.3 is 0 Å². The molecule has 0 bridgehead atoms. The Bertz CT molecular complexity index is 489. The van der Waals surface area contributed by atoms with Crippen LogP contribution in [0.5, 0.6) is 0 Å². The number of halogens is 1. The Morgan fingerprint density at radius 1 is 1.38 bits per heavy atom. The van der Waals surface area contributed by atoms with Crippen LogP contribution < -0.4 is 5.32 Å². The van der Waals surface area contributed by atoms with Gasteiger partial charge in [0.05, 0.1) is 17.2 Å². The van der Waals surface area contributed by atoms with Crippen molar-refractivity contribution in [2.24, 2.45) is 10.4 Å². The molecule has 5 nitrogen and oxygen atoms in total. The molecule has 0 radical (unpaired) electrons. The molecule has 1 heterocycles. The van der Waals surface area contributed by atoms with Crippen molar-refractivity contribution >= 4 is 41.3 Å². The molecule has 0 fully saturated rings. The maximum absolute atomic E-state index is 9.36. The zero-order valence-corrected chi connectivity index (χ0v) is 18.8. The SMILES string of the molecule is CCNC(=NCC(CC)(CC)CCO)N(C)Cc1csc(C)n1.I. The zero-order valence-electron chi connectivity index (χ0n) is 15.6. The number of rotatable bonds is 9. The Labute approximate surface area is 168 Å². The number of aliphatic hydroxyl groups is 1. The smallest absolute Gasteiger partial charge is 0.194 e. The number of aliphatic imine (C=N–C) groups is 1. The minimum atomic E-state index is 0. The van der Waals surface area contributed by atoms with Crippen LogP contribution in [-0.2, 0) is 6.54 Å². The van der Waals surface area contributed by atoms with E-state index < -0.39 is 0 Å². The predicted octanol–water partition coefficient (Wildman–Crippen LogP) is 3.66. The summed E-state index contributed by atoms with van der Waals surface area (Å²) in [6.45, 7) is 11.0. The molecule has 24 heavy (non-hydrogen) atoms. The molecule has 0 spiro atoms. The number of aromatic nitrogens is 1. The van der Waals surface area contributed by atoms with Gasteiger partial charge in [0.2, 0.25) is 0 Å². The Kier molecular flexibility index (Phi) is 11.8. The second-order valence-electron chi connectivity index (χ2n) is 6.06.